The SMILES string of the molecule is c1nc(C2CCCN2)[nH]c1-c1ccc(N2CCC(c3cnc(C4CCCN4)[nH]3)CC2)c2c1CCC21CCCC1. The third-order valence-electron chi connectivity index (χ3n) is 10.8. The number of hydrogen-bond donors (Lipinski definition) is 4. The van der Waals surface area contributed by atoms with Crippen molar-refractivity contribution in [3.05, 3.63) is 53.0 Å². The summed E-state index contributed by atoms with van der Waals surface area (Å²) in [4.78, 5) is 19.7. The van der Waals surface area contributed by atoms with Crippen LogP contribution < -0.4 is 15.5 Å². The molecule has 3 aromatic rings. The molecule has 2 atom stereocenters. The van der Waals surface area contributed by atoms with Crippen molar-refractivity contribution in [3.8, 4) is 11.3 Å². The van der Waals surface area contributed by atoms with Crippen molar-refractivity contribution in [1.29, 1.82) is 0 Å². The minimum Gasteiger partial charge on any atom is -0.371 e. The molecule has 2 unspecified atom stereocenters. The molecule has 2 aromatic heterocycles. The first-order valence-electron chi connectivity index (χ1n) is 15.8. The number of piperidine rings is 1. The highest BCUT2D eigenvalue weighted by Crippen LogP contribution is 2.55. The predicted molar refractivity (Wildman–Crippen MR) is 155 cm³/mol. The molecular formula is C32H43N7. The smallest absolute Gasteiger partial charge is 0.123 e. The van der Waals surface area contributed by atoms with Crippen LogP contribution in [0.25, 0.3) is 11.3 Å². The molecule has 4 N–H and O–H groups in total. The van der Waals surface area contributed by atoms with Crippen LogP contribution >= 0.6 is 0 Å². The Morgan fingerprint density at radius 2 is 1.49 bits per heavy atom. The summed E-state index contributed by atoms with van der Waals surface area (Å²) >= 11 is 0. The summed E-state index contributed by atoms with van der Waals surface area (Å²) in [5, 5.41) is 7.19. The highest BCUT2D eigenvalue weighted by Gasteiger charge is 2.44. The van der Waals surface area contributed by atoms with Gasteiger partial charge in [-0.1, -0.05) is 18.9 Å². The van der Waals surface area contributed by atoms with Crippen LogP contribution in [-0.2, 0) is 11.8 Å². The molecule has 2 aliphatic carbocycles. The minimum atomic E-state index is 0.383. The average Bonchev–Trinajstić information content (AvgIpc) is 3.82. The first kappa shape index (κ1) is 24.2. The zero-order chi connectivity index (χ0) is 25.8. The monoisotopic (exact) mass is 525 g/mol. The van der Waals surface area contributed by atoms with Crippen LogP contribution in [0.2, 0.25) is 0 Å². The number of aromatic nitrogens is 4. The van der Waals surface area contributed by atoms with Crippen molar-refractivity contribution in [3.63, 3.8) is 0 Å². The molecular weight excluding hydrogens is 482 g/mol. The van der Waals surface area contributed by atoms with Gasteiger partial charge >= 0.3 is 0 Å². The van der Waals surface area contributed by atoms with Crippen molar-refractivity contribution in [2.75, 3.05) is 31.1 Å². The van der Waals surface area contributed by atoms with Crippen molar-refractivity contribution in [1.82, 2.24) is 30.6 Å². The van der Waals surface area contributed by atoms with Gasteiger partial charge in [0.15, 0.2) is 0 Å². The Hall–Kier alpha value is -2.64. The lowest BCUT2D eigenvalue weighted by Gasteiger charge is -2.37. The van der Waals surface area contributed by atoms with E-state index in [9.17, 15) is 0 Å². The van der Waals surface area contributed by atoms with E-state index < -0.39 is 0 Å². The van der Waals surface area contributed by atoms with Gasteiger partial charge in [-0.15, -0.1) is 0 Å². The van der Waals surface area contributed by atoms with Gasteiger partial charge in [-0.25, -0.2) is 9.97 Å². The van der Waals surface area contributed by atoms with E-state index in [-0.39, 0.29) is 0 Å². The molecule has 7 nitrogen and oxygen atoms in total. The summed E-state index contributed by atoms with van der Waals surface area (Å²) in [5.41, 5.74) is 9.18. The van der Waals surface area contributed by atoms with Gasteiger partial charge in [0.1, 0.15) is 11.6 Å². The zero-order valence-corrected chi connectivity index (χ0v) is 23.2. The molecule has 7 heteroatoms. The van der Waals surface area contributed by atoms with Gasteiger partial charge in [-0.05, 0) is 99.9 Å². The number of rotatable bonds is 5. The molecule has 8 rings (SSSR count). The highest BCUT2D eigenvalue weighted by atomic mass is 15.1. The molecule has 1 saturated carbocycles. The maximum atomic E-state index is 4.82. The number of nitrogens with one attached hydrogen (secondary N) is 4. The van der Waals surface area contributed by atoms with E-state index in [4.69, 9.17) is 9.97 Å². The second kappa shape index (κ2) is 9.77. The second-order valence-electron chi connectivity index (χ2n) is 12.9. The van der Waals surface area contributed by atoms with E-state index in [0.717, 1.165) is 37.8 Å². The summed E-state index contributed by atoms with van der Waals surface area (Å²) < 4.78 is 0. The van der Waals surface area contributed by atoms with Gasteiger partial charge in [-0.2, -0.15) is 0 Å². The summed E-state index contributed by atoms with van der Waals surface area (Å²) in [6, 6.07) is 5.68. The van der Waals surface area contributed by atoms with Crippen LogP contribution in [0, 0.1) is 0 Å². The first-order valence-corrected chi connectivity index (χ1v) is 15.8. The third kappa shape index (κ3) is 4.15. The topological polar surface area (TPSA) is 84.7 Å². The Morgan fingerprint density at radius 3 is 2.21 bits per heavy atom. The van der Waals surface area contributed by atoms with Crippen molar-refractivity contribution in [2.24, 2.45) is 0 Å². The van der Waals surface area contributed by atoms with Crippen molar-refractivity contribution in [2.45, 2.75) is 100 Å². The van der Waals surface area contributed by atoms with E-state index in [0.29, 0.717) is 23.4 Å². The Bertz CT molecular complexity index is 1310. The quantitative estimate of drug-likeness (QED) is 0.339. The van der Waals surface area contributed by atoms with Crippen molar-refractivity contribution >= 4 is 5.69 Å². The standard InChI is InChI=1S/C32H43N7/c1-2-13-32(12-1)14-9-23-22(27-20-36-31(38-27)25-6-4-16-34-25)7-8-28(29(23)32)39-17-10-21(11-18-39)26-19-35-30(37-26)24-5-3-15-33-24/h7-8,19-21,24-25,33-34H,1-6,9-18H2,(H,35,37)(H,36,38). The third-order valence-corrected chi connectivity index (χ3v) is 10.8. The van der Waals surface area contributed by atoms with E-state index in [1.165, 1.54) is 99.7 Å². The van der Waals surface area contributed by atoms with E-state index in [2.05, 4.69) is 50.0 Å². The Kier molecular flexibility index (Phi) is 6.06. The average molecular weight is 526 g/mol. The molecule has 0 radical (unpaired) electrons. The Morgan fingerprint density at radius 1 is 0.769 bits per heavy atom. The molecule has 206 valence electrons. The van der Waals surface area contributed by atoms with Gasteiger partial charge in [0.2, 0.25) is 0 Å². The summed E-state index contributed by atoms with van der Waals surface area (Å²) in [5.74, 6) is 2.85. The molecule has 3 saturated heterocycles. The molecule has 1 spiro atoms. The highest BCUT2D eigenvalue weighted by molar-refractivity contribution is 5.75. The molecule has 4 fully saturated rings. The van der Waals surface area contributed by atoms with Crippen LogP contribution in [0.1, 0.15) is 117 Å². The lowest BCUT2D eigenvalue weighted by atomic mass is 9.78. The fourth-order valence-corrected chi connectivity index (χ4v) is 8.70. The number of nitrogens with zero attached hydrogens (tertiary/aromatic N) is 3. The number of hydrogen-bond acceptors (Lipinski definition) is 5. The Labute approximate surface area is 232 Å². The molecule has 3 aliphatic heterocycles. The second-order valence-corrected chi connectivity index (χ2v) is 12.9. The number of benzene rings is 1. The number of H-pyrrole nitrogens is 2. The van der Waals surface area contributed by atoms with Gasteiger partial charge in [0, 0.05) is 42.1 Å². The molecule has 5 heterocycles. The van der Waals surface area contributed by atoms with Crippen LogP contribution in [0.15, 0.2) is 24.5 Å². The van der Waals surface area contributed by atoms with E-state index in [1.807, 2.05) is 0 Å². The molecule has 0 bridgehead atoms. The van der Waals surface area contributed by atoms with Crippen LogP contribution in [0.5, 0.6) is 0 Å². The summed E-state index contributed by atoms with van der Waals surface area (Å²) in [6.45, 7) is 4.47. The summed E-state index contributed by atoms with van der Waals surface area (Å²) in [7, 11) is 0. The first-order chi connectivity index (χ1) is 19.3. The van der Waals surface area contributed by atoms with Crippen LogP contribution in [0.4, 0.5) is 5.69 Å². The Balaban J connectivity index is 1.07. The molecule has 5 aliphatic rings. The van der Waals surface area contributed by atoms with Gasteiger partial charge < -0.3 is 25.5 Å². The number of aromatic amines is 2. The minimum absolute atomic E-state index is 0.383. The zero-order valence-electron chi connectivity index (χ0n) is 23.2. The maximum absolute atomic E-state index is 4.82. The molecule has 1 aromatic carbocycles. The lowest BCUT2D eigenvalue weighted by molar-refractivity contribution is 0.435. The van der Waals surface area contributed by atoms with Gasteiger partial charge in [0.05, 0.1) is 24.0 Å². The fourth-order valence-electron chi connectivity index (χ4n) is 8.70. The predicted octanol–water partition coefficient (Wildman–Crippen LogP) is 5.79. The largest absolute Gasteiger partial charge is 0.371 e. The summed E-state index contributed by atoms with van der Waals surface area (Å²) in [6.07, 6.45) is 19.5. The van der Waals surface area contributed by atoms with Crippen LogP contribution in [0.3, 0.4) is 0 Å². The molecule has 39 heavy (non-hydrogen) atoms. The maximum Gasteiger partial charge on any atom is 0.123 e. The normalized spacial score (nSPS) is 26.7. The van der Waals surface area contributed by atoms with Crippen molar-refractivity contribution < 1.29 is 0 Å². The fraction of sp³-hybridized carbons (Fsp3) is 0.625. The van der Waals surface area contributed by atoms with Crippen LogP contribution in [-0.4, -0.2) is 46.1 Å². The number of fused-ring (bicyclic) bond motifs is 2. The van der Waals surface area contributed by atoms with E-state index in [1.54, 1.807) is 11.1 Å². The van der Waals surface area contributed by atoms with E-state index >= 15 is 0 Å². The lowest BCUT2D eigenvalue weighted by Crippen LogP contribution is -2.35. The number of imidazole rings is 2. The van der Waals surface area contributed by atoms with Gasteiger partial charge in [-0.3, -0.25) is 0 Å². The number of anilines is 1. The molecule has 0 amide bonds. The van der Waals surface area contributed by atoms with Gasteiger partial charge in [0.25, 0.3) is 0 Å².